The Hall–Kier alpha value is -2.33. The lowest BCUT2D eigenvalue weighted by Gasteiger charge is -2.28. The molecule has 1 N–H and O–H groups in total. The molecule has 2 atom stereocenters. The van der Waals surface area contributed by atoms with E-state index in [4.69, 9.17) is 0 Å². The lowest BCUT2D eigenvalue weighted by Crippen LogP contribution is -2.39. The van der Waals surface area contributed by atoms with Crippen LogP contribution in [0.2, 0.25) is 0 Å². The number of carbonyl (C=O) groups excluding carboxylic acids is 1. The van der Waals surface area contributed by atoms with Crippen LogP contribution in [0.3, 0.4) is 0 Å². The Morgan fingerprint density at radius 2 is 1.83 bits per heavy atom. The van der Waals surface area contributed by atoms with Crippen LogP contribution in [0.1, 0.15) is 53.2 Å². The van der Waals surface area contributed by atoms with E-state index in [2.05, 4.69) is 53.2 Å². The van der Waals surface area contributed by atoms with Gasteiger partial charge in [0, 0.05) is 42.1 Å². The number of benzene rings is 2. The Balaban J connectivity index is 1.43. The van der Waals surface area contributed by atoms with E-state index >= 15 is 0 Å². The molecule has 4 heteroatoms. The van der Waals surface area contributed by atoms with Gasteiger partial charge in [-0.3, -0.25) is 9.69 Å². The molecule has 0 radical (unpaired) electrons. The van der Waals surface area contributed by atoms with Crippen LogP contribution >= 0.6 is 0 Å². The van der Waals surface area contributed by atoms with E-state index in [1.807, 2.05) is 26.0 Å². The second kappa shape index (κ2) is 8.19. The maximum Gasteiger partial charge on any atom is 0.255 e. The first kappa shape index (κ1) is 20.0. The molecule has 0 saturated carbocycles. The summed E-state index contributed by atoms with van der Waals surface area (Å²) in [6.07, 6.45) is 3.92. The summed E-state index contributed by atoms with van der Waals surface area (Å²) >= 11 is 0. The maximum atomic E-state index is 12.7. The van der Waals surface area contributed by atoms with Crippen LogP contribution in [0.5, 0.6) is 0 Å². The van der Waals surface area contributed by atoms with Gasteiger partial charge in [-0.25, -0.2) is 0 Å². The number of hydrogen-bond acceptors (Lipinski definition) is 3. The average Bonchev–Trinajstić information content (AvgIpc) is 3.32. The number of carbonyl (C=O) groups is 1. The Labute approximate surface area is 174 Å². The van der Waals surface area contributed by atoms with Crippen molar-refractivity contribution < 1.29 is 4.79 Å². The van der Waals surface area contributed by atoms with Crippen molar-refractivity contribution in [3.63, 3.8) is 0 Å². The van der Waals surface area contributed by atoms with Gasteiger partial charge in [0.2, 0.25) is 0 Å². The molecule has 1 amide bonds. The molecule has 0 bridgehead atoms. The second-order valence-electron chi connectivity index (χ2n) is 8.89. The van der Waals surface area contributed by atoms with E-state index in [9.17, 15) is 4.79 Å². The quantitative estimate of drug-likeness (QED) is 0.803. The average molecular weight is 392 g/mol. The minimum Gasteiger partial charge on any atom is -0.370 e. The molecular formula is C25H33N3O. The van der Waals surface area contributed by atoms with Gasteiger partial charge in [0.15, 0.2) is 0 Å². The Kier molecular flexibility index (Phi) is 5.64. The molecule has 2 unspecified atom stereocenters. The molecule has 2 heterocycles. The second-order valence-corrected chi connectivity index (χ2v) is 8.89. The third-order valence-electron chi connectivity index (χ3n) is 6.69. The highest BCUT2D eigenvalue weighted by molar-refractivity contribution is 6.05. The predicted octanol–water partition coefficient (Wildman–Crippen LogP) is 4.93. The fourth-order valence-electron chi connectivity index (χ4n) is 4.99. The number of likely N-dealkylation sites (tertiary alicyclic amines) is 1. The summed E-state index contributed by atoms with van der Waals surface area (Å²) in [6.45, 7) is 12.0. The SMILES string of the molecule is Cc1ccc(C(=O)Nc2ccc(N3CCC(N4CCCC4C)C3)cc2C)c(C)c1. The molecular weight excluding hydrogens is 358 g/mol. The maximum absolute atomic E-state index is 12.7. The number of nitrogens with zero attached hydrogens (tertiary/aromatic N) is 2. The van der Waals surface area contributed by atoms with Crippen LogP contribution in [-0.4, -0.2) is 42.5 Å². The van der Waals surface area contributed by atoms with E-state index in [0.29, 0.717) is 6.04 Å². The van der Waals surface area contributed by atoms with Gasteiger partial charge in [-0.15, -0.1) is 0 Å². The van der Waals surface area contributed by atoms with Gasteiger partial charge < -0.3 is 10.2 Å². The smallest absolute Gasteiger partial charge is 0.255 e. The molecule has 2 aliphatic heterocycles. The summed E-state index contributed by atoms with van der Waals surface area (Å²) in [4.78, 5) is 17.9. The van der Waals surface area contributed by atoms with Gasteiger partial charge in [-0.2, -0.15) is 0 Å². The molecule has 0 spiro atoms. The topological polar surface area (TPSA) is 35.6 Å². The lowest BCUT2D eigenvalue weighted by atomic mass is 10.0. The number of anilines is 2. The van der Waals surface area contributed by atoms with Crippen LogP contribution < -0.4 is 10.2 Å². The lowest BCUT2D eigenvalue weighted by molar-refractivity contribution is 0.102. The predicted molar refractivity (Wildman–Crippen MR) is 121 cm³/mol. The fourth-order valence-corrected chi connectivity index (χ4v) is 4.99. The molecule has 154 valence electrons. The molecule has 4 rings (SSSR count). The number of aryl methyl sites for hydroxylation is 3. The summed E-state index contributed by atoms with van der Waals surface area (Å²) in [5.74, 6) is -0.0393. The molecule has 0 aliphatic carbocycles. The first-order valence-corrected chi connectivity index (χ1v) is 10.9. The van der Waals surface area contributed by atoms with Gasteiger partial charge in [-0.1, -0.05) is 17.7 Å². The van der Waals surface area contributed by atoms with Crippen molar-refractivity contribution in [2.75, 3.05) is 29.9 Å². The van der Waals surface area contributed by atoms with Crippen molar-refractivity contribution in [3.8, 4) is 0 Å². The summed E-state index contributed by atoms with van der Waals surface area (Å²) in [5.41, 5.74) is 6.19. The number of amides is 1. The molecule has 2 aliphatic rings. The Morgan fingerprint density at radius 3 is 2.52 bits per heavy atom. The summed E-state index contributed by atoms with van der Waals surface area (Å²) in [5, 5.41) is 3.10. The third kappa shape index (κ3) is 4.18. The fraction of sp³-hybridized carbons (Fsp3) is 0.480. The normalized spacial score (nSPS) is 22.3. The van der Waals surface area contributed by atoms with E-state index in [1.54, 1.807) is 0 Å². The van der Waals surface area contributed by atoms with E-state index < -0.39 is 0 Å². The first-order valence-electron chi connectivity index (χ1n) is 10.9. The van der Waals surface area contributed by atoms with Crippen LogP contribution in [0.15, 0.2) is 36.4 Å². The minimum atomic E-state index is -0.0393. The monoisotopic (exact) mass is 391 g/mol. The van der Waals surface area contributed by atoms with Crippen LogP contribution in [-0.2, 0) is 0 Å². The van der Waals surface area contributed by atoms with Gasteiger partial charge in [0.1, 0.15) is 0 Å². The molecule has 2 saturated heterocycles. The molecule has 2 aromatic rings. The van der Waals surface area contributed by atoms with Gasteiger partial charge in [0.05, 0.1) is 0 Å². The van der Waals surface area contributed by atoms with Crippen molar-refractivity contribution in [2.24, 2.45) is 0 Å². The largest absolute Gasteiger partial charge is 0.370 e. The molecule has 4 nitrogen and oxygen atoms in total. The summed E-state index contributed by atoms with van der Waals surface area (Å²) < 4.78 is 0. The van der Waals surface area contributed by atoms with Gasteiger partial charge >= 0.3 is 0 Å². The number of rotatable bonds is 4. The zero-order valence-electron chi connectivity index (χ0n) is 18.2. The van der Waals surface area contributed by atoms with Crippen molar-refractivity contribution >= 4 is 17.3 Å². The molecule has 2 fully saturated rings. The van der Waals surface area contributed by atoms with Crippen molar-refractivity contribution in [2.45, 2.75) is 59.0 Å². The van der Waals surface area contributed by atoms with E-state index in [0.717, 1.165) is 41.5 Å². The molecule has 0 aromatic heterocycles. The Bertz CT molecular complexity index is 907. The highest BCUT2D eigenvalue weighted by atomic mass is 16.1. The Morgan fingerprint density at radius 1 is 1.00 bits per heavy atom. The van der Waals surface area contributed by atoms with Crippen LogP contribution in [0.25, 0.3) is 0 Å². The van der Waals surface area contributed by atoms with E-state index in [1.165, 1.54) is 37.1 Å². The number of hydrogen-bond donors (Lipinski definition) is 1. The van der Waals surface area contributed by atoms with Crippen LogP contribution in [0.4, 0.5) is 11.4 Å². The van der Waals surface area contributed by atoms with Gasteiger partial charge in [0.25, 0.3) is 5.91 Å². The highest BCUT2D eigenvalue weighted by Gasteiger charge is 2.33. The van der Waals surface area contributed by atoms with Crippen molar-refractivity contribution in [1.29, 1.82) is 0 Å². The third-order valence-corrected chi connectivity index (χ3v) is 6.69. The minimum absolute atomic E-state index is 0.0393. The number of nitrogens with one attached hydrogen (secondary N) is 1. The van der Waals surface area contributed by atoms with Crippen molar-refractivity contribution in [1.82, 2.24) is 4.90 Å². The molecule has 29 heavy (non-hydrogen) atoms. The zero-order chi connectivity index (χ0) is 20.5. The van der Waals surface area contributed by atoms with Gasteiger partial charge in [-0.05, 0) is 88.9 Å². The summed E-state index contributed by atoms with van der Waals surface area (Å²) in [6, 6.07) is 13.8. The van der Waals surface area contributed by atoms with Crippen molar-refractivity contribution in [3.05, 3.63) is 58.7 Å². The summed E-state index contributed by atoms with van der Waals surface area (Å²) in [7, 11) is 0. The molecule has 2 aromatic carbocycles. The van der Waals surface area contributed by atoms with Crippen LogP contribution in [0, 0.1) is 20.8 Å². The van der Waals surface area contributed by atoms with E-state index in [-0.39, 0.29) is 5.91 Å². The highest BCUT2D eigenvalue weighted by Crippen LogP contribution is 2.30. The zero-order valence-corrected chi connectivity index (χ0v) is 18.2. The first-order chi connectivity index (χ1) is 13.9. The standard InChI is InChI=1S/C25H33N3O/c1-17-7-9-23(18(2)14-17)25(29)26-24-10-8-21(15-19(24)3)27-13-11-22(16-27)28-12-5-6-20(28)4/h7-10,14-15,20,22H,5-6,11-13,16H2,1-4H3,(H,26,29).